The third-order valence-electron chi connectivity index (χ3n) is 4.47. The second-order valence-electron chi connectivity index (χ2n) is 6.24. The van der Waals surface area contributed by atoms with E-state index in [9.17, 15) is 9.59 Å². The fraction of sp³-hybridized carbons (Fsp3) is 0.300. The molecule has 2 aromatic carbocycles. The smallest absolute Gasteiger partial charge is 0.255 e. The number of anilines is 1. The van der Waals surface area contributed by atoms with Crippen LogP contribution in [0.3, 0.4) is 0 Å². The van der Waals surface area contributed by atoms with Gasteiger partial charge < -0.3 is 10.2 Å². The van der Waals surface area contributed by atoms with Gasteiger partial charge in [0.1, 0.15) is 0 Å². The van der Waals surface area contributed by atoms with Crippen molar-refractivity contribution >= 4 is 17.5 Å². The van der Waals surface area contributed by atoms with Crippen molar-refractivity contribution in [1.29, 1.82) is 0 Å². The number of benzene rings is 2. The van der Waals surface area contributed by atoms with Crippen molar-refractivity contribution in [3.63, 3.8) is 0 Å². The number of carbonyl (C=O) groups excluding carboxylic acids is 2. The first kappa shape index (κ1) is 16.2. The van der Waals surface area contributed by atoms with Gasteiger partial charge in [0.2, 0.25) is 0 Å². The molecule has 1 aliphatic rings. The summed E-state index contributed by atoms with van der Waals surface area (Å²) < 4.78 is 0. The number of nitrogens with zero attached hydrogens (tertiary/aromatic N) is 1. The Morgan fingerprint density at radius 2 is 1.75 bits per heavy atom. The van der Waals surface area contributed by atoms with Crippen LogP contribution < -0.4 is 5.32 Å². The maximum atomic E-state index is 12.7. The van der Waals surface area contributed by atoms with Crippen LogP contribution in [0.25, 0.3) is 0 Å². The standard InChI is InChI=1S/C20H22N2O2/c1-15-8-5-6-13-22(15)20(24)17-11-7-12-18(14-17)21-19(23)16-9-3-2-4-10-16/h2-4,7,9-12,14-15H,5-6,8,13H2,1H3,(H,21,23)/t15-/m0/s1. The first-order chi connectivity index (χ1) is 11.6. The molecule has 0 saturated carbocycles. The van der Waals surface area contributed by atoms with Crippen molar-refractivity contribution in [2.45, 2.75) is 32.2 Å². The molecular weight excluding hydrogens is 300 g/mol. The Bertz CT molecular complexity index is 727. The Morgan fingerprint density at radius 3 is 2.50 bits per heavy atom. The number of hydrogen-bond acceptors (Lipinski definition) is 2. The highest BCUT2D eigenvalue weighted by Gasteiger charge is 2.24. The second kappa shape index (κ2) is 7.30. The van der Waals surface area contributed by atoms with Crippen molar-refractivity contribution in [2.75, 3.05) is 11.9 Å². The zero-order valence-electron chi connectivity index (χ0n) is 13.9. The second-order valence-corrected chi connectivity index (χ2v) is 6.24. The van der Waals surface area contributed by atoms with Crippen molar-refractivity contribution in [3.05, 3.63) is 65.7 Å². The molecule has 0 spiro atoms. The van der Waals surface area contributed by atoms with Crippen LogP contribution in [0, 0.1) is 0 Å². The molecule has 1 aliphatic heterocycles. The van der Waals surface area contributed by atoms with E-state index in [1.54, 1.807) is 24.3 Å². The SMILES string of the molecule is C[C@H]1CCCCN1C(=O)c1cccc(NC(=O)c2ccccc2)c1. The van der Waals surface area contributed by atoms with Gasteiger partial charge in [-0.05, 0) is 56.5 Å². The minimum atomic E-state index is -0.175. The summed E-state index contributed by atoms with van der Waals surface area (Å²) in [6, 6.07) is 16.5. The lowest BCUT2D eigenvalue weighted by Crippen LogP contribution is -2.42. The molecule has 0 bridgehead atoms. The molecule has 2 aromatic rings. The number of nitrogens with one attached hydrogen (secondary N) is 1. The van der Waals surface area contributed by atoms with Crippen LogP contribution in [-0.4, -0.2) is 29.3 Å². The van der Waals surface area contributed by atoms with Crippen LogP contribution in [-0.2, 0) is 0 Å². The lowest BCUT2D eigenvalue weighted by Gasteiger charge is -2.33. The molecule has 0 aliphatic carbocycles. The molecule has 1 heterocycles. The van der Waals surface area contributed by atoms with Gasteiger partial charge in [-0.25, -0.2) is 0 Å². The minimum Gasteiger partial charge on any atom is -0.336 e. The zero-order valence-corrected chi connectivity index (χ0v) is 13.9. The van der Waals surface area contributed by atoms with Gasteiger partial charge in [0, 0.05) is 29.4 Å². The highest BCUT2D eigenvalue weighted by Crippen LogP contribution is 2.21. The van der Waals surface area contributed by atoms with E-state index in [-0.39, 0.29) is 17.9 Å². The van der Waals surface area contributed by atoms with E-state index in [1.165, 1.54) is 6.42 Å². The van der Waals surface area contributed by atoms with E-state index in [4.69, 9.17) is 0 Å². The number of piperidine rings is 1. The Balaban J connectivity index is 1.74. The van der Waals surface area contributed by atoms with Crippen LogP contribution >= 0.6 is 0 Å². The van der Waals surface area contributed by atoms with Crippen LogP contribution in [0.4, 0.5) is 5.69 Å². The van der Waals surface area contributed by atoms with Crippen LogP contribution in [0.2, 0.25) is 0 Å². The molecule has 0 aromatic heterocycles. The van der Waals surface area contributed by atoms with Gasteiger partial charge in [0.05, 0.1) is 0 Å². The summed E-state index contributed by atoms with van der Waals surface area (Å²) >= 11 is 0. The lowest BCUT2D eigenvalue weighted by molar-refractivity contribution is 0.0635. The number of carbonyl (C=O) groups is 2. The molecule has 24 heavy (non-hydrogen) atoms. The molecule has 0 radical (unpaired) electrons. The Hall–Kier alpha value is -2.62. The summed E-state index contributed by atoms with van der Waals surface area (Å²) in [6.45, 7) is 2.90. The van der Waals surface area contributed by atoms with Crippen LogP contribution in [0.15, 0.2) is 54.6 Å². The molecule has 1 N–H and O–H groups in total. The summed E-state index contributed by atoms with van der Waals surface area (Å²) in [5.74, 6) is -0.135. The van der Waals surface area contributed by atoms with Gasteiger partial charge in [0.15, 0.2) is 0 Å². The van der Waals surface area contributed by atoms with E-state index in [1.807, 2.05) is 35.2 Å². The van der Waals surface area contributed by atoms with Gasteiger partial charge in [-0.3, -0.25) is 9.59 Å². The molecule has 124 valence electrons. The zero-order chi connectivity index (χ0) is 16.9. The maximum Gasteiger partial charge on any atom is 0.255 e. The van der Waals surface area contributed by atoms with Crippen molar-refractivity contribution in [1.82, 2.24) is 4.90 Å². The van der Waals surface area contributed by atoms with E-state index < -0.39 is 0 Å². The fourth-order valence-electron chi connectivity index (χ4n) is 3.09. The first-order valence-electron chi connectivity index (χ1n) is 8.42. The molecule has 4 heteroatoms. The molecular formula is C20H22N2O2. The summed E-state index contributed by atoms with van der Waals surface area (Å²) in [7, 11) is 0. The Kier molecular flexibility index (Phi) is 4.94. The van der Waals surface area contributed by atoms with Gasteiger partial charge in [-0.15, -0.1) is 0 Å². The van der Waals surface area contributed by atoms with E-state index in [0.717, 1.165) is 19.4 Å². The summed E-state index contributed by atoms with van der Waals surface area (Å²) in [6.07, 6.45) is 3.29. The van der Waals surface area contributed by atoms with Gasteiger partial charge in [-0.2, -0.15) is 0 Å². The molecule has 1 saturated heterocycles. The molecule has 0 unspecified atom stereocenters. The minimum absolute atomic E-state index is 0.0398. The predicted molar refractivity (Wildman–Crippen MR) is 95.2 cm³/mol. The third kappa shape index (κ3) is 3.65. The van der Waals surface area contributed by atoms with E-state index in [0.29, 0.717) is 16.8 Å². The average molecular weight is 322 g/mol. The molecule has 2 amide bonds. The Labute approximate surface area is 142 Å². The monoisotopic (exact) mass is 322 g/mol. The number of amides is 2. The largest absolute Gasteiger partial charge is 0.336 e. The van der Waals surface area contributed by atoms with Crippen molar-refractivity contribution in [2.24, 2.45) is 0 Å². The van der Waals surface area contributed by atoms with Crippen LogP contribution in [0.5, 0.6) is 0 Å². The average Bonchev–Trinajstić information content (AvgIpc) is 2.62. The summed E-state index contributed by atoms with van der Waals surface area (Å²) in [5, 5.41) is 2.86. The molecule has 1 fully saturated rings. The number of hydrogen-bond donors (Lipinski definition) is 1. The third-order valence-corrected chi connectivity index (χ3v) is 4.47. The van der Waals surface area contributed by atoms with E-state index in [2.05, 4.69) is 12.2 Å². The van der Waals surface area contributed by atoms with Gasteiger partial charge in [-0.1, -0.05) is 24.3 Å². The van der Waals surface area contributed by atoms with E-state index >= 15 is 0 Å². The first-order valence-corrected chi connectivity index (χ1v) is 8.42. The topological polar surface area (TPSA) is 49.4 Å². The highest BCUT2D eigenvalue weighted by molar-refractivity contribution is 6.05. The summed E-state index contributed by atoms with van der Waals surface area (Å²) in [4.78, 5) is 26.9. The lowest BCUT2D eigenvalue weighted by atomic mass is 10.0. The van der Waals surface area contributed by atoms with Crippen molar-refractivity contribution < 1.29 is 9.59 Å². The van der Waals surface area contributed by atoms with Crippen LogP contribution in [0.1, 0.15) is 46.9 Å². The normalized spacial score (nSPS) is 17.4. The Morgan fingerprint density at radius 1 is 1.00 bits per heavy atom. The van der Waals surface area contributed by atoms with Crippen molar-refractivity contribution in [3.8, 4) is 0 Å². The molecule has 3 rings (SSSR count). The van der Waals surface area contributed by atoms with Gasteiger partial charge in [0.25, 0.3) is 11.8 Å². The quantitative estimate of drug-likeness (QED) is 0.930. The molecule has 1 atom stereocenters. The highest BCUT2D eigenvalue weighted by atomic mass is 16.2. The molecule has 4 nitrogen and oxygen atoms in total. The maximum absolute atomic E-state index is 12.7. The summed E-state index contributed by atoms with van der Waals surface area (Å²) in [5.41, 5.74) is 1.85. The fourth-order valence-corrected chi connectivity index (χ4v) is 3.09. The predicted octanol–water partition coefficient (Wildman–Crippen LogP) is 3.95. The number of rotatable bonds is 3. The van der Waals surface area contributed by atoms with Gasteiger partial charge >= 0.3 is 0 Å². The number of likely N-dealkylation sites (tertiary alicyclic amines) is 1.